The van der Waals surface area contributed by atoms with Crippen LogP contribution in [0, 0.1) is 0 Å². The fraction of sp³-hybridized carbons (Fsp3) is 0.250. The Balaban J connectivity index is 1.84. The molecule has 1 aliphatic heterocycles. The van der Waals surface area contributed by atoms with Crippen molar-refractivity contribution in [2.24, 2.45) is 0 Å². The third-order valence-electron chi connectivity index (χ3n) is 4.29. The number of anilines is 1. The summed E-state index contributed by atoms with van der Waals surface area (Å²) >= 11 is 0. The summed E-state index contributed by atoms with van der Waals surface area (Å²) in [6.07, 6.45) is 2.38. The zero-order chi connectivity index (χ0) is 11.3. The summed E-state index contributed by atoms with van der Waals surface area (Å²) < 4.78 is 0. The molecule has 17 heavy (non-hydrogen) atoms. The second-order valence-corrected chi connectivity index (χ2v) is 5.30. The molecule has 2 aromatic rings. The van der Waals surface area contributed by atoms with Crippen molar-refractivity contribution in [2.75, 3.05) is 11.9 Å². The second kappa shape index (κ2) is 3.13. The molecule has 2 aliphatic rings. The van der Waals surface area contributed by atoms with E-state index in [1.54, 1.807) is 0 Å². The molecule has 1 spiro atoms. The van der Waals surface area contributed by atoms with Crippen LogP contribution in [0.5, 0.6) is 0 Å². The highest BCUT2D eigenvalue weighted by Gasteiger charge is 2.43. The topological polar surface area (TPSA) is 12.0 Å². The van der Waals surface area contributed by atoms with Gasteiger partial charge in [-0.15, -0.1) is 0 Å². The molecule has 1 heteroatoms. The van der Waals surface area contributed by atoms with E-state index < -0.39 is 0 Å². The number of hydrogen-bond acceptors (Lipinski definition) is 1. The Morgan fingerprint density at radius 2 is 1.47 bits per heavy atom. The Morgan fingerprint density at radius 1 is 0.824 bits per heavy atom. The predicted octanol–water partition coefficient (Wildman–Crippen LogP) is 3.15. The van der Waals surface area contributed by atoms with E-state index >= 15 is 0 Å². The van der Waals surface area contributed by atoms with Crippen LogP contribution in [-0.2, 0) is 18.3 Å². The normalized spacial score (nSPS) is 18.8. The van der Waals surface area contributed by atoms with Crippen LogP contribution in [0.3, 0.4) is 0 Å². The molecule has 4 rings (SSSR count). The van der Waals surface area contributed by atoms with Gasteiger partial charge >= 0.3 is 0 Å². The second-order valence-electron chi connectivity index (χ2n) is 5.30. The van der Waals surface area contributed by atoms with Crippen molar-refractivity contribution in [3.63, 3.8) is 0 Å². The maximum atomic E-state index is 3.57. The average molecular weight is 221 g/mol. The molecule has 0 unspecified atom stereocenters. The first-order chi connectivity index (χ1) is 8.37. The van der Waals surface area contributed by atoms with Crippen molar-refractivity contribution >= 4 is 5.69 Å². The van der Waals surface area contributed by atoms with E-state index in [0.717, 1.165) is 6.54 Å². The van der Waals surface area contributed by atoms with Crippen LogP contribution in [0.25, 0.3) is 0 Å². The highest BCUT2D eigenvalue weighted by Crippen LogP contribution is 2.46. The highest BCUT2D eigenvalue weighted by molar-refractivity contribution is 5.63. The van der Waals surface area contributed by atoms with E-state index in [4.69, 9.17) is 0 Å². The number of rotatable bonds is 0. The van der Waals surface area contributed by atoms with Crippen LogP contribution >= 0.6 is 0 Å². The molecule has 0 aromatic heterocycles. The third kappa shape index (κ3) is 1.20. The Hall–Kier alpha value is -1.76. The van der Waals surface area contributed by atoms with Gasteiger partial charge in [-0.2, -0.15) is 0 Å². The number of nitrogens with one attached hydrogen (secondary N) is 1. The molecule has 0 atom stereocenters. The quantitative estimate of drug-likeness (QED) is 0.720. The smallest absolute Gasteiger partial charge is 0.0379 e. The van der Waals surface area contributed by atoms with Crippen molar-refractivity contribution in [3.8, 4) is 0 Å². The first kappa shape index (κ1) is 9.29. The molecule has 0 amide bonds. The maximum absolute atomic E-state index is 3.57. The van der Waals surface area contributed by atoms with E-state index in [1.807, 2.05) is 0 Å². The van der Waals surface area contributed by atoms with Gasteiger partial charge in [-0.3, -0.25) is 0 Å². The van der Waals surface area contributed by atoms with Gasteiger partial charge in [-0.25, -0.2) is 0 Å². The van der Waals surface area contributed by atoms with Crippen LogP contribution in [0.15, 0.2) is 48.5 Å². The van der Waals surface area contributed by atoms with Crippen LogP contribution in [-0.4, -0.2) is 6.54 Å². The minimum Gasteiger partial charge on any atom is -0.384 e. The van der Waals surface area contributed by atoms with Crippen LogP contribution < -0.4 is 5.32 Å². The summed E-state index contributed by atoms with van der Waals surface area (Å²) in [5.41, 5.74) is 6.23. The summed E-state index contributed by atoms with van der Waals surface area (Å²) in [5, 5.41) is 3.57. The van der Waals surface area contributed by atoms with Crippen molar-refractivity contribution in [3.05, 3.63) is 65.2 Å². The Morgan fingerprint density at radius 3 is 2.24 bits per heavy atom. The molecule has 0 bridgehead atoms. The molecule has 1 aliphatic carbocycles. The summed E-state index contributed by atoms with van der Waals surface area (Å²) in [7, 11) is 0. The van der Waals surface area contributed by atoms with E-state index in [0.29, 0.717) is 5.41 Å². The van der Waals surface area contributed by atoms with Crippen molar-refractivity contribution in [1.82, 2.24) is 0 Å². The molecular weight excluding hydrogens is 206 g/mol. The van der Waals surface area contributed by atoms with Gasteiger partial charge in [0.15, 0.2) is 0 Å². The number of para-hydroxylation sites is 1. The SMILES string of the molecule is c1ccc2c(c1)CC1(CNc3ccccc31)C2. The summed E-state index contributed by atoms with van der Waals surface area (Å²) in [4.78, 5) is 0. The Bertz CT molecular complexity index is 561. The number of fused-ring (bicyclic) bond motifs is 3. The Labute approximate surface area is 101 Å². The van der Waals surface area contributed by atoms with Crippen LogP contribution in [0.1, 0.15) is 16.7 Å². The van der Waals surface area contributed by atoms with E-state index in [-0.39, 0.29) is 0 Å². The lowest BCUT2D eigenvalue weighted by Crippen LogP contribution is -2.28. The van der Waals surface area contributed by atoms with Crippen molar-refractivity contribution in [2.45, 2.75) is 18.3 Å². The Kier molecular flexibility index (Phi) is 1.71. The molecule has 1 nitrogen and oxygen atoms in total. The summed E-state index contributed by atoms with van der Waals surface area (Å²) in [6, 6.07) is 17.7. The van der Waals surface area contributed by atoms with E-state index in [9.17, 15) is 0 Å². The molecule has 2 aromatic carbocycles. The molecular formula is C16H15N. The van der Waals surface area contributed by atoms with Crippen LogP contribution in [0.4, 0.5) is 5.69 Å². The first-order valence-electron chi connectivity index (χ1n) is 6.28. The molecule has 84 valence electrons. The lowest BCUT2D eigenvalue weighted by molar-refractivity contribution is 0.501. The fourth-order valence-corrected chi connectivity index (χ4v) is 3.47. The van der Waals surface area contributed by atoms with Gasteiger partial charge in [-0.1, -0.05) is 42.5 Å². The van der Waals surface area contributed by atoms with Gasteiger partial charge in [0.25, 0.3) is 0 Å². The van der Waals surface area contributed by atoms with E-state index in [1.165, 1.54) is 35.2 Å². The zero-order valence-corrected chi connectivity index (χ0v) is 9.74. The van der Waals surface area contributed by atoms with Gasteiger partial charge in [0.2, 0.25) is 0 Å². The summed E-state index contributed by atoms with van der Waals surface area (Å²) in [6.45, 7) is 1.08. The van der Waals surface area contributed by atoms with Crippen molar-refractivity contribution in [1.29, 1.82) is 0 Å². The first-order valence-corrected chi connectivity index (χ1v) is 6.28. The molecule has 1 heterocycles. The molecule has 0 radical (unpaired) electrons. The monoisotopic (exact) mass is 221 g/mol. The fourth-order valence-electron chi connectivity index (χ4n) is 3.47. The number of benzene rings is 2. The minimum atomic E-state index is 0.320. The van der Waals surface area contributed by atoms with Gasteiger partial charge in [0.05, 0.1) is 0 Å². The van der Waals surface area contributed by atoms with Gasteiger partial charge in [-0.05, 0) is 35.6 Å². The predicted molar refractivity (Wildman–Crippen MR) is 70.5 cm³/mol. The van der Waals surface area contributed by atoms with Gasteiger partial charge < -0.3 is 5.32 Å². The number of hydrogen-bond donors (Lipinski definition) is 1. The third-order valence-corrected chi connectivity index (χ3v) is 4.29. The zero-order valence-electron chi connectivity index (χ0n) is 9.74. The van der Waals surface area contributed by atoms with Gasteiger partial charge in [0.1, 0.15) is 0 Å². The maximum Gasteiger partial charge on any atom is 0.0379 e. The lowest BCUT2D eigenvalue weighted by Gasteiger charge is -2.22. The van der Waals surface area contributed by atoms with Gasteiger partial charge in [0, 0.05) is 17.6 Å². The summed E-state index contributed by atoms with van der Waals surface area (Å²) in [5.74, 6) is 0. The average Bonchev–Trinajstić information content (AvgIpc) is 2.92. The largest absolute Gasteiger partial charge is 0.384 e. The molecule has 0 saturated carbocycles. The van der Waals surface area contributed by atoms with E-state index in [2.05, 4.69) is 53.8 Å². The molecule has 1 N–H and O–H groups in total. The van der Waals surface area contributed by atoms with Crippen molar-refractivity contribution < 1.29 is 0 Å². The molecule has 0 fully saturated rings. The molecule has 0 saturated heterocycles. The minimum absolute atomic E-state index is 0.320. The standard InChI is InChI=1S/C16H15N/c1-2-6-13-10-16(9-12(13)5-1)11-17-15-8-4-3-7-14(15)16/h1-8,17H,9-11H2. The highest BCUT2D eigenvalue weighted by atomic mass is 14.9. The van der Waals surface area contributed by atoms with Crippen LogP contribution in [0.2, 0.25) is 0 Å². The lowest BCUT2D eigenvalue weighted by atomic mass is 9.80.